The Morgan fingerprint density at radius 2 is 1.82 bits per heavy atom. The molecule has 0 saturated heterocycles. The van der Waals surface area contributed by atoms with E-state index in [9.17, 15) is 14.4 Å². The summed E-state index contributed by atoms with van der Waals surface area (Å²) in [4.78, 5) is 43.3. The van der Waals surface area contributed by atoms with Crippen LogP contribution in [0.2, 0.25) is 0 Å². The van der Waals surface area contributed by atoms with Crippen molar-refractivity contribution in [2.24, 2.45) is 4.99 Å². The molecule has 1 unspecified atom stereocenters. The number of esters is 2. The molecule has 0 saturated carbocycles. The molecule has 2 aromatic carbocycles. The van der Waals surface area contributed by atoms with Crippen molar-refractivity contribution in [1.82, 2.24) is 4.57 Å². The topological polar surface area (TPSA) is 105 Å². The number of hydrogen-bond donors (Lipinski definition) is 0. The number of ether oxygens (including phenoxy) is 4. The molecule has 1 aromatic heterocycles. The molecule has 0 aliphatic carbocycles. The van der Waals surface area contributed by atoms with E-state index in [0.717, 1.165) is 4.47 Å². The Kier molecular flexibility index (Phi) is 8.41. The smallest absolute Gasteiger partial charge is 0.338 e. The molecule has 1 aliphatic rings. The average Bonchev–Trinajstić information content (AvgIpc) is 3.18. The van der Waals surface area contributed by atoms with Crippen LogP contribution in [0.15, 0.2) is 61.9 Å². The Bertz CT molecular complexity index is 1670. The summed E-state index contributed by atoms with van der Waals surface area (Å²) in [5, 5.41) is 0. The van der Waals surface area contributed by atoms with Gasteiger partial charge in [-0.2, -0.15) is 0 Å². The maximum Gasteiger partial charge on any atom is 0.338 e. The van der Waals surface area contributed by atoms with Crippen molar-refractivity contribution in [3.8, 4) is 17.2 Å². The molecule has 4 rings (SSSR count). The van der Waals surface area contributed by atoms with Crippen LogP contribution in [0, 0.1) is 0 Å². The molecule has 0 fully saturated rings. The van der Waals surface area contributed by atoms with Gasteiger partial charge in [-0.3, -0.25) is 14.2 Å². The van der Waals surface area contributed by atoms with Gasteiger partial charge in [-0.25, -0.2) is 9.79 Å². The van der Waals surface area contributed by atoms with Crippen LogP contribution >= 0.6 is 27.3 Å². The molecule has 39 heavy (non-hydrogen) atoms. The van der Waals surface area contributed by atoms with Crippen molar-refractivity contribution < 1.29 is 28.5 Å². The number of nitrogens with zero attached hydrogens (tertiary/aromatic N) is 2. The minimum Gasteiger partial charge on any atom is -0.493 e. The quantitative estimate of drug-likeness (QED) is 0.294. The standard InChI is InChI=1S/C28H27BrN2O7S/c1-14(2)37-20-10-8-18(29)13-19(20)25-24(27(34)36-6)15(3)30-28-31(25)26(33)23(39-28)12-17-7-9-21(38-16(4)32)22(11-17)35-5/h7-14,25H,1-6H3/b23-12-. The normalized spacial score (nSPS) is 15.1. The zero-order valence-electron chi connectivity index (χ0n) is 22.2. The Balaban J connectivity index is 1.95. The highest BCUT2D eigenvalue weighted by Crippen LogP contribution is 2.38. The summed E-state index contributed by atoms with van der Waals surface area (Å²) in [5.74, 6) is 0.0957. The predicted octanol–water partition coefficient (Wildman–Crippen LogP) is 3.89. The number of thiazole rings is 1. The second-order valence-corrected chi connectivity index (χ2v) is 10.9. The highest BCUT2D eigenvalue weighted by molar-refractivity contribution is 9.10. The van der Waals surface area contributed by atoms with E-state index in [1.165, 1.54) is 37.0 Å². The highest BCUT2D eigenvalue weighted by Gasteiger charge is 2.35. The second kappa shape index (κ2) is 11.6. The second-order valence-electron chi connectivity index (χ2n) is 8.93. The van der Waals surface area contributed by atoms with Crippen LogP contribution in [-0.2, 0) is 14.3 Å². The van der Waals surface area contributed by atoms with E-state index in [2.05, 4.69) is 20.9 Å². The lowest BCUT2D eigenvalue weighted by Crippen LogP contribution is -2.40. The highest BCUT2D eigenvalue weighted by atomic mass is 79.9. The maximum absolute atomic E-state index is 13.9. The number of allylic oxidation sites excluding steroid dienone is 1. The molecule has 1 atom stereocenters. The number of halogens is 1. The number of carbonyl (C=O) groups is 2. The first-order valence-corrected chi connectivity index (χ1v) is 13.6. The maximum atomic E-state index is 13.9. The summed E-state index contributed by atoms with van der Waals surface area (Å²) in [6.45, 7) is 6.83. The Morgan fingerprint density at radius 1 is 1.10 bits per heavy atom. The SMILES string of the molecule is COC(=O)C1=C(C)N=c2s/c(=C\c3ccc(OC(C)=O)c(OC)c3)c(=O)n2C1c1cc(Br)ccc1OC(C)C. The minimum absolute atomic E-state index is 0.141. The first kappa shape index (κ1) is 28.3. The van der Waals surface area contributed by atoms with Gasteiger partial charge < -0.3 is 18.9 Å². The van der Waals surface area contributed by atoms with E-state index < -0.39 is 18.0 Å². The van der Waals surface area contributed by atoms with Gasteiger partial charge >= 0.3 is 11.9 Å². The van der Waals surface area contributed by atoms with E-state index in [1.54, 1.807) is 37.3 Å². The molecule has 0 amide bonds. The van der Waals surface area contributed by atoms with Crippen LogP contribution in [0.1, 0.15) is 44.9 Å². The summed E-state index contributed by atoms with van der Waals surface area (Å²) in [7, 11) is 2.76. The van der Waals surface area contributed by atoms with Gasteiger partial charge in [0.1, 0.15) is 11.8 Å². The molecule has 11 heteroatoms. The van der Waals surface area contributed by atoms with E-state index in [4.69, 9.17) is 18.9 Å². The van der Waals surface area contributed by atoms with Crippen LogP contribution in [-0.4, -0.2) is 36.8 Å². The number of hydrogen-bond acceptors (Lipinski definition) is 9. The van der Waals surface area contributed by atoms with Crippen molar-refractivity contribution in [3.05, 3.63) is 83.0 Å². The van der Waals surface area contributed by atoms with Crippen LogP contribution in [0.3, 0.4) is 0 Å². The van der Waals surface area contributed by atoms with Crippen molar-refractivity contribution in [3.63, 3.8) is 0 Å². The van der Waals surface area contributed by atoms with Crippen molar-refractivity contribution >= 4 is 45.3 Å². The van der Waals surface area contributed by atoms with Crippen LogP contribution in [0.25, 0.3) is 6.08 Å². The molecule has 204 valence electrons. The van der Waals surface area contributed by atoms with E-state index in [-0.39, 0.29) is 23.0 Å². The van der Waals surface area contributed by atoms with Gasteiger partial charge in [0.2, 0.25) is 0 Å². The van der Waals surface area contributed by atoms with E-state index in [1.807, 2.05) is 26.0 Å². The molecule has 1 aliphatic heterocycles. The third-order valence-corrected chi connectivity index (χ3v) is 7.27. The zero-order chi connectivity index (χ0) is 28.4. The number of fused-ring (bicyclic) bond motifs is 1. The van der Waals surface area contributed by atoms with E-state index >= 15 is 0 Å². The Labute approximate surface area is 237 Å². The molecule has 9 nitrogen and oxygen atoms in total. The lowest BCUT2D eigenvalue weighted by atomic mass is 9.95. The molecule has 0 spiro atoms. The van der Waals surface area contributed by atoms with Gasteiger partial charge in [-0.1, -0.05) is 33.3 Å². The number of methoxy groups -OCH3 is 2. The molecule has 0 N–H and O–H groups in total. The molecular weight excluding hydrogens is 588 g/mol. The third-order valence-electron chi connectivity index (χ3n) is 5.80. The molecule has 0 bridgehead atoms. The lowest BCUT2D eigenvalue weighted by molar-refractivity contribution is -0.136. The monoisotopic (exact) mass is 614 g/mol. The van der Waals surface area contributed by atoms with Crippen LogP contribution in [0.4, 0.5) is 0 Å². The number of rotatable bonds is 7. The molecular formula is C28H27BrN2O7S. The number of carbonyl (C=O) groups excluding carboxylic acids is 2. The fraction of sp³-hybridized carbons (Fsp3) is 0.286. The number of benzene rings is 2. The van der Waals surface area contributed by atoms with Gasteiger partial charge in [-0.15, -0.1) is 0 Å². The van der Waals surface area contributed by atoms with Crippen LogP contribution in [0.5, 0.6) is 17.2 Å². The fourth-order valence-electron chi connectivity index (χ4n) is 4.25. The first-order valence-electron chi connectivity index (χ1n) is 12.0. The Morgan fingerprint density at radius 3 is 2.46 bits per heavy atom. The van der Waals surface area contributed by atoms with Crippen molar-refractivity contribution in [1.29, 1.82) is 0 Å². The van der Waals surface area contributed by atoms with Gasteiger partial charge in [0.25, 0.3) is 5.56 Å². The largest absolute Gasteiger partial charge is 0.493 e. The summed E-state index contributed by atoms with van der Waals surface area (Å²) in [6, 6.07) is 9.63. The van der Waals surface area contributed by atoms with Crippen molar-refractivity contribution in [2.45, 2.75) is 39.8 Å². The van der Waals surface area contributed by atoms with Gasteiger partial charge in [-0.05, 0) is 62.7 Å². The van der Waals surface area contributed by atoms with Gasteiger partial charge in [0, 0.05) is 17.0 Å². The van der Waals surface area contributed by atoms with Gasteiger partial charge in [0.15, 0.2) is 16.3 Å². The van der Waals surface area contributed by atoms with Crippen molar-refractivity contribution in [2.75, 3.05) is 14.2 Å². The lowest BCUT2D eigenvalue weighted by Gasteiger charge is -2.26. The number of aromatic nitrogens is 1. The predicted molar refractivity (Wildman–Crippen MR) is 150 cm³/mol. The van der Waals surface area contributed by atoms with E-state index in [0.29, 0.717) is 37.7 Å². The Hall–Kier alpha value is -3.70. The average molecular weight is 616 g/mol. The summed E-state index contributed by atoms with van der Waals surface area (Å²) < 4.78 is 24.4. The summed E-state index contributed by atoms with van der Waals surface area (Å²) >= 11 is 4.71. The van der Waals surface area contributed by atoms with Crippen LogP contribution < -0.4 is 29.1 Å². The third kappa shape index (κ3) is 5.84. The summed E-state index contributed by atoms with van der Waals surface area (Å²) in [6.07, 6.45) is 1.56. The minimum atomic E-state index is -0.831. The fourth-order valence-corrected chi connectivity index (χ4v) is 5.67. The zero-order valence-corrected chi connectivity index (χ0v) is 24.6. The first-order chi connectivity index (χ1) is 18.5. The molecule has 0 radical (unpaired) electrons. The summed E-state index contributed by atoms with van der Waals surface area (Å²) in [5.41, 5.74) is 1.63. The molecule has 3 aromatic rings. The molecule has 2 heterocycles. The van der Waals surface area contributed by atoms with Gasteiger partial charge in [0.05, 0.1) is 36.1 Å².